The van der Waals surface area contributed by atoms with Gasteiger partial charge in [0.1, 0.15) is 11.3 Å². The molecule has 2 heterocycles. The van der Waals surface area contributed by atoms with E-state index in [9.17, 15) is 13.2 Å². The van der Waals surface area contributed by atoms with Crippen LogP contribution < -0.4 is 5.73 Å². The molecule has 3 N–H and O–H groups in total. The summed E-state index contributed by atoms with van der Waals surface area (Å²) in [6.45, 7) is 0. The van der Waals surface area contributed by atoms with Gasteiger partial charge in [0.2, 0.25) is 5.95 Å². The van der Waals surface area contributed by atoms with Gasteiger partial charge in [-0.1, -0.05) is 0 Å². The Kier molecular flexibility index (Phi) is 2.26. The summed E-state index contributed by atoms with van der Waals surface area (Å²) < 4.78 is 37.9. The van der Waals surface area contributed by atoms with Crippen LogP contribution in [-0.4, -0.2) is 20.2 Å². The predicted molar refractivity (Wildman–Crippen MR) is 49.0 cm³/mol. The molecular weight excluding hydrogens is 223 g/mol. The third-order valence-electron chi connectivity index (χ3n) is 1.87. The number of aromatic amines is 1. The van der Waals surface area contributed by atoms with E-state index in [-0.39, 0.29) is 17.3 Å². The highest BCUT2D eigenvalue weighted by Crippen LogP contribution is 2.34. The second-order valence-corrected chi connectivity index (χ2v) is 2.96. The van der Waals surface area contributed by atoms with Crippen molar-refractivity contribution >= 4 is 5.95 Å². The van der Waals surface area contributed by atoms with Crippen LogP contribution >= 0.6 is 0 Å². The van der Waals surface area contributed by atoms with E-state index in [1.165, 1.54) is 12.3 Å². The molecule has 0 amide bonds. The summed E-state index contributed by atoms with van der Waals surface area (Å²) in [5.41, 5.74) is 4.13. The van der Waals surface area contributed by atoms with Gasteiger partial charge >= 0.3 is 6.18 Å². The lowest BCUT2D eigenvalue weighted by Gasteiger charge is -2.10. The molecule has 8 heteroatoms. The fraction of sp³-hybridized carbons (Fsp3) is 0.125. The zero-order valence-corrected chi connectivity index (χ0v) is 7.78. The predicted octanol–water partition coefficient (Wildman–Crippen LogP) is 1.47. The van der Waals surface area contributed by atoms with Crippen molar-refractivity contribution in [2.75, 3.05) is 5.73 Å². The fourth-order valence-corrected chi connectivity index (χ4v) is 1.20. The SMILES string of the molecule is Nc1ncc(C(F)(F)F)c(-c2ccn[nH]2)n1. The first kappa shape index (κ1) is 10.4. The lowest BCUT2D eigenvalue weighted by Crippen LogP contribution is -2.11. The Hall–Kier alpha value is -2.12. The first-order valence-electron chi connectivity index (χ1n) is 4.18. The number of nitrogens with zero attached hydrogens (tertiary/aromatic N) is 3. The van der Waals surface area contributed by atoms with Crippen LogP contribution in [0.3, 0.4) is 0 Å². The van der Waals surface area contributed by atoms with Crippen molar-refractivity contribution in [1.29, 1.82) is 0 Å². The Morgan fingerprint density at radius 2 is 2.06 bits per heavy atom. The summed E-state index contributed by atoms with van der Waals surface area (Å²) >= 11 is 0. The van der Waals surface area contributed by atoms with E-state index in [1.807, 2.05) is 0 Å². The van der Waals surface area contributed by atoms with Gasteiger partial charge in [0.05, 0.1) is 5.69 Å². The topological polar surface area (TPSA) is 80.5 Å². The van der Waals surface area contributed by atoms with Gasteiger partial charge in [-0.15, -0.1) is 0 Å². The molecule has 0 saturated heterocycles. The number of alkyl halides is 3. The van der Waals surface area contributed by atoms with E-state index in [0.717, 1.165) is 0 Å². The second-order valence-electron chi connectivity index (χ2n) is 2.96. The smallest absolute Gasteiger partial charge is 0.368 e. The normalized spacial score (nSPS) is 11.7. The summed E-state index contributed by atoms with van der Waals surface area (Å²) in [7, 11) is 0. The number of hydrogen-bond donors (Lipinski definition) is 2. The van der Waals surface area contributed by atoms with Crippen LogP contribution in [0.5, 0.6) is 0 Å². The summed E-state index contributed by atoms with van der Waals surface area (Å²) in [4.78, 5) is 6.89. The van der Waals surface area contributed by atoms with E-state index in [1.54, 1.807) is 0 Å². The highest BCUT2D eigenvalue weighted by Gasteiger charge is 2.35. The van der Waals surface area contributed by atoms with E-state index in [4.69, 9.17) is 5.73 Å². The van der Waals surface area contributed by atoms with Crippen LogP contribution in [0.2, 0.25) is 0 Å². The highest BCUT2D eigenvalue weighted by atomic mass is 19.4. The van der Waals surface area contributed by atoms with E-state index >= 15 is 0 Å². The van der Waals surface area contributed by atoms with E-state index in [0.29, 0.717) is 6.20 Å². The molecule has 0 aromatic carbocycles. The average molecular weight is 229 g/mol. The van der Waals surface area contributed by atoms with Crippen LogP contribution in [0.1, 0.15) is 5.56 Å². The zero-order chi connectivity index (χ0) is 11.8. The molecule has 0 fully saturated rings. The minimum absolute atomic E-state index is 0.140. The van der Waals surface area contributed by atoms with Crippen molar-refractivity contribution in [2.45, 2.75) is 6.18 Å². The molecule has 0 bridgehead atoms. The molecule has 0 saturated carbocycles. The van der Waals surface area contributed by atoms with Crippen LogP contribution in [0.15, 0.2) is 18.5 Å². The molecule has 0 radical (unpaired) electrons. The molecule has 0 aliphatic rings. The van der Waals surface area contributed by atoms with Crippen molar-refractivity contribution in [3.8, 4) is 11.4 Å². The summed E-state index contributed by atoms with van der Waals surface area (Å²) in [5.74, 6) is -0.224. The molecule has 0 atom stereocenters. The Morgan fingerprint density at radius 1 is 1.31 bits per heavy atom. The maximum Gasteiger partial charge on any atom is 0.420 e. The molecule has 0 aliphatic heterocycles. The number of H-pyrrole nitrogens is 1. The van der Waals surface area contributed by atoms with Crippen molar-refractivity contribution in [2.24, 2.45) is 0 Å². The molecule has 0 unspecified atom stereocenters. The minimum Gasteiger partial charge on any atom is -0.368 e. The summed E-state index contributed by atoms with van der Waals surface area (Å²) in [5, 5.41) is 5.96. The van der Waals surface area contributed by atoms with Gasteiger partial charge in [-0.25, -0.2) is 9.97 Å². The van der Waals surface area contributed by atoms with Gasteiger partial charge in [0.25, 0.3) is 0 Å². The van der Waals surface area contributed by atoms with Gasteiger partial charge in [-0.05, 0) is 6.07 Å². The number of halogens is 3. The molecule has 84 valence electrons. The fourth-order valence-electron chi connectivity index (χ4n) is 1.20. The number of nitrogens with two attached hydrogens (primary N) is 1. The Bertz CT molecular complexity index is 491. The maximum absolute atomic E-state index is 12.6. The van der Waals surface area contributed by atoms with Gasteiger partial charge in [0, 0.05) is 12.4 Å². The van der Waals surface area contributed by atoms with Gasteiger partial charge < -0.3 is 5.73 Å². The van der Waals surface area contributed by atoms with Crippen molar-refractivity contribution in [3.05, 3.63) is 24.0 Å². The third-order valence-corrected chi connectivity index (χ3v) is 1.87. The van der Waals surface area contributed by atoms with E-state index in [2.05, 4.69) is 20.2 Å². The summed E-state index contributed by atoms with van der Waals surface area (Å²) in [6, 6.07) is 1.37. The number of anilines is 1. The Morgan fingerprint density at radius 3 is 2.62 bits per heavy atom. The second kappa shape index (κ2) is 3.47. The number of nitrogens with one attached hydrogen (secondary N) is 1. The lowest BCUT2D eigenvalue weighted by atomic mass is 10.2. The molecular formula is C8H6F3N5. The van der Waals surface area contributed by atoms with E-state index < -0.39 is 11.7 Å². The number of nitrogen functional groups attached to an aromatic ring is 1. The monoisotopic (exact) mass is 229 g/mol. The molecule has 2 aromatic heterocycles. The number of rotatable bonds is 1. The Labute approximate surface area is 87.5 Å². The largest absolute Gasteiger partial charge is 0.420 e. The highest BCUT2D eigenvalue weighted by molar-refractivity contribution is 5.59. The molecule has 16 heavy (non-hydrogen) atoms. The molecule has 5 nitrogen and oxygen atoms in total. The first-order chi connectivity index (χ1) is 7.48. The molecule has 2 rings (SSSR count). The first-order valence-corrected chi connectivity index (χ1v) is 4.18. The number of aromatic nitrogens is 4. The number of hydrogen-bond acceptors (Lipinski definition) is 4. The lowest BCUT2D eigenvalue weighted by molar-refractivity contribution is -0.137. The van der Waals surface area contributed by atoms with Gasteiger partial charge in [0.15, 0.2) is 0 Å². The molecule has 0 spiro atoms. The van der Waals surface area contributed by atoms with Crippen LogP contribution in [-0.2, 0) is 6.18 Å². The standard InChI is InChI=1S/C8H6F3N5/c9-8(10,11)4-3-13-7(12)15-6(4)5-1-2-14-16-5/h1-3H,(H,14,16)(H2,12,13,15). The summed E-state index contributed by atoms with van der Waals surface area (Å²) in [6.07, 6.45) is -2.56. The third kappa shape index (κ3) is 1.81. The quantitative estimate of drug-likeness (QED) is 0.775. The van der Waals surface area contributed by atoms with Gasteiger partial charge in [-0.2, -0.15) is 18.3 Å². The molecule has 0 aliphatic carbocycles. The maximum atomic E-state index is 12.6. The average Bonchev–Trinajstić information content (AvgIpc) is 2.68. The van der Waals surface area contributed by atoms with Crippen molar-refractivity contribution in [1.82, 2.24) is 20.2 Å². The van der Waals surface area contributed by atoms with Crippen LogP contribution in [0, 0.1) is 0 Å². The van der Waals surface area contributed by atoms with Crippen LogP contribution in [0.25, 0.3) is 11.4 Å². The molecule has 2 aromatic rings. The van der Waals surface area contributed by atoms with Crippen molar-refractivity contribution in [3.63, 3.8) is 0 Å². The van der Waals surface area contributed by atoms with Crippen molar-refractivity contribution < 1.29 is 13.2 Å². The van der Waals surface area contributed by atoms with Crippen LogP contribution in [0.4, 0.5) is 19.1 Å². The zero-order valence-electron chi connectivity index (χ0n) is 7.78. The van der Waals surface area contributed by atoms with Gasteiger partial charge in [-0.3, -0.25) is 5.10 Å². The Balaban J connectivity index is 2.63. The minimum atomic E-state index is -4.53.